The Morgan fingerprint density at radius 2 is 2.00 bits per heavy atom. The van der Waals surface area contributed by atoms with Gasteiger partial charge in [0.2, 0.25) is 0 Å². The normalized spacial score (nSPS) is 50.8. The first kappa shape index (κ1) is 1.72. The molecule has 0 atom stereocenters. The molecule has 1 aliphatic carbocycles. The number of oxime groups is 1. The highest BCUT2D eigenvalue weighted by molar-refractivity contribution is 5.84. The minimum Gasteiger partial charge on any atom is -0.411 e. The molecule has 2 nitrogen and oxygen atoms in total. The van der Waals surface area contributed by atoms with E-state index in [1.165, 1.54) is 0 Å². The quantitative estimate of drug-likeness (QED) is 0.382. The molecule has 1 N–H and O–H groups in total. The molecule has 0 aromatic rings. The summed E-state index contributed by atoms with van der Waals surface area (Å²) >= 11 is 0. The van der Waals surface area contributed by atoms with Gasteiger partial charge in [-0.05, 0) is 25.6 Å². The Labute approximate surface area is 57.6 Å². The van der Waals surface area contributed by atoms with Gasteiger partial charge in [-0.25, -0.2) is 0 Å². The van der Waals surface area contributed by atoms with Gasteiger partial charge in [0, 0.05) is 8.22 Å². The maximum Gasteiger partial charge on any atom is 0.0570 e. The molecule has 0 aliphatic heterocycles. The smallest absolute Gasteiger partial charge is 0.0570 e. The van der Waals surface area contributed by atoms with Crippen molar-refractivity contribution in [1.82, 2.24) is 0 Å². The van der Waals surface area contributed by atoms with Crippen molar-refractivity contribution in [2.24, 2.45) is 5.16 Å². The number of hydrogen-bond donors (Lipinski definition) is 1. The molecule has 1 rings (SSSR count). The molecule has 1 fully saturated rings. The van der Waals surface area contributed by atoms with E-state index in [-0.39, 0.29) is 18.6 Å². The molecule has 0 spiro atoms. The van der Waals surface area contributed by atoms with E-state index in [4.69, 9.17) is 13.4 Å². The average molecular weight is 119 g/mol. The first-order chi connectivity index (χ1) is 6.14. The highest BCUT2D eigenvalue weighted by Crippen LogP contribution is 2.13. The van der Waals surface area contributed by atoms with Gasteiger partial charge < -0.3 is 5.21 Å². The van der Waals surface area contributed by atoms with Crippen LogP contribution in [0.15, 0.2) is 5.16 Å². The van der Waals surface area contributed by atoms with Crippen molar-refractivity contribution in [2.45, 2.75) is 32.0 Å². The lowest BCUT2D eigenvalue weighted by Gasteiger charge is -2.08. The fourth-order valence-electron chi connectivity index (χ4n) is 0.488. The number of hydrogen-bond acceptors (Lipinski definition) is 2. The molecule has 0 saturated heterocycles. The second-order valence-corrected chi connectivity index (χ2v) is 1.50. The summed E-state index contributed by atoms with van der Waals surface area (Å²) in [6.45, 7) is 0. The van der Waals surface area contributed by atoms with Crippen molar-refractivity contribution < 1.29 is 13.4 Å². The molecular weight excluding hydrogens is 102 g/mol. The van der Waals surface area contributed by atoms with Crippen molar-refractivity contribution in [3.8, 4) is 0 Å². The fourth-order valence-corrected chi connectivity index (χ4v) is 0.488. The molecule has 0 aromatic heterocycles. The molecule has 0 aromatic carbocycles. The molecule has 0 bridgehead atoms. The molecule has 0 unspecified atom stereocenters. The van der Waals surface area contributed by atoms with Crippen LogP contribution in [0.3, 0.4) is 0 Å². The van der Waals surface area contributed by atoms with E-state index >= 15 is 0 Å². The van der Waals surface area contributed by atoms with E-state index in [1.807, 2.05) is 0 Å². The van der Waals surface area contributed by atoms with Crippen LogP contribution in [0.4, 0.5) is 0 Å². The zero-order valence-electron chi connectivity index (χ0n) is 10.3. The van der Waals surface area contributed by atoms with Crippen LogP contribution in [0.2, 0.25) is 0 Å². The second kappa shape index (κ2) is 2.70. The summed E-state index contributed by atoms with van der Waals surface area (Å²) in [5.74, 6) is 0. The van der Waals surface area contributed by atoms with Crippen molar-refractivity contribution in [1.29, 1.82) is 0 Å². The van der Waals surface area contributed by atoms with Crippen LogP contribution in [0, 0.1) is 0 Å². The van der Waals surface area contributed by atoms with E-state index in [9.17, 15) is 0 Å². The Hall–Kier alpha value is -0.530. The van der Waals surface area contributed by atoms with Gasteiger partial charge in [-0.15, -0.1) is 0 Å². The van der Waals surface area contributed by atoms with Gasteiger partial charge in [-0.1, -0.05) is 11.5 Å². The average Bonchev–Trinajstić information content (AvgIpc) is 1.99. The molecule has 1 saturated carbocycles. The van der Waals surface area contributed by atoms with Gasteiger partial charge in [0.25, 0.3) is 0 Å². The van der Waals surface area contributed by atoms with Crippen LogP contribution < -0.4 is 0 Å². The minimum atomic E-state index is -2.58. The molecule has 8 heavy (non-hydrogen) atoms. The summed E-state index contributed by atoms with van der Waals surface area (Å²) in [6.07, 6.45) is -8.03. The van der Waals surface area contributed by atoms with Crippen molar-refractivity contribution >= 4 is 5.71 Å². The van der Waals surface area contributed by atoms with E-state index in [1.54, 1.807) is 0 Å². The molecule has 2 heteroatoms. The van der Waals surface area contributed by atoms with Gasteiger partial charge in [-0.2, -0.15) is 0 Å². The second-order valence-electron chi connectivity index (χ2n) is 1.50. The summed E-state index contributed by atoms with van der Waals surface area (Å²) in [5, 5.41) is 11.2. The summed E-state index contributed by atoms with van der Waals surface area (Å²) in [6, 6.07) is 0. The maximum absolute atomic E-state index is 8.46. The molecular formula is C6H11NO. The lowest BCUT2D eigenvalue weighted by molar-refractivity contribution is 0.314. The Morgan fingerprint density at radius 1 is 1.38 bits per heavy atom. The Kier molecular flexibility index (Phi) is 0.581. The predicted octanol–water partition coefficient (Wildman–Crippen LogP) is 1.78. The molecule has 0 radical (unpaired) electrons. The lowest BCUT2D eigenvalue weighted by Crippen LogP contribution is -2.03. The Bertz CT molecular complexity index is 251. The third-order valence-electron chi connectivity index (χ3n) is 0.903. The molecule has 46 valence electrons. The van der Waals surface area contributed by atoms with Gasteiger partial charge in [-0.3, -0.25) is 0 Å². The minimum absolute atomic E-state index is 0.0462. The van der Waals surface area contributed by atoms with Gasteiger partial charge in [0.15, 0.2) is 0 Å². The van der Waals surface area contributed by atoms with Crippen LogP contribution in [0.1, 0.15) is 40.2 Å². The fraction of sp³-hybridized carbons (Fsp3) is 0.833. The largest absolute Gasteiger partial charge is 0.411 e. The zero-order chi connectivity index (χ0) is 11.2. The lowest BCUT2D eigenvalue weighted by atomic mass is 9.99. The van der Waals surface area contributed by atoms with Crippen molar-refractivity contribution in [2.75, 3.05) is 0 Å². The number of nitrogens with zero attached hydrogens (tertiary/aromatic N) is 1. The van der Waals surface area contributed by atoms with E-state index in [2.05, 4.69) is 5.16 Å². The third kappa shape index (κ3) is 1.22. The molecule has 0 heterocycles. The summed E-state index contributed by atoms with van der Waals surface area (Å²) in [4.78, 5) is 0. The monoisotopic (exact) mass is 119 g/mol. The Balaban J connectivity index is 3.13. The Morgan fingerprint density at radius 3 is 2.50 bits per heavy atom. The highest BCUT2D eigenvalue weighted by Gasteiger charge is 2.05. The van der Waals surface area contributed by atoms with Crippen molar-refractivity contribution in [3.63, 3.8) is 0 Å². The zero-order valence-corrected chi connectivity index (χ0v) is 4.31. The molecule has 0 amide bonds. The van der Waals surface area contributed by atoms with Crippen LogP contribution in [-0.4, -0.2) is 10.9 Å². The van der Waals surface area contributed by atoms with Crippen LogP contribution in [0.5, 0.6) is 0 Å². The summed E-state index contributed by atoms with van der Waals surface area (Å²) in [7, 11) is 0. The predicted molar refractivity (Wildman–Crippen MR) is 32.3 cm³/mol. The van der Waals surface area contributed by atoms with E-state index in [0.29, 0.717) is 0 Å². The van der Waals surface area contributed by atoms with Gasteiger partial charge in [0.1, 0.15) is 0 Å². The SMILES string of the molecule is [2H]C1([2H])CC(=NO)CC([2H])([2H])C1([2H])[2H]. The van der Waals surface area contributed by atoms with E-state index in [0.717, 1.165) is 0 Å². The van der Waals surface area contributed by atoms with Crippen molar-refractivity contribution in [3.05, 3.63) is 0 Å². The van der Waals surface area contributed by atoms with Gasteiger partial charge in [0.05, 0.1) is 5.71 Å². The highest BCUT2D eigenvalue weighted by atomic mass is 16.4. The summed E-state index contributed by atoms with van der Waals surface area (Å²) in [5.41, 5.74) is -0.0462. The first-order valence-electron chi connectivity index (χ1n) is 5.34. The topological polar surface area (TPSA) is 32.6 Å². The van der Waals surface area contributed by atoms with Crippen LogP contribution in [-0.2, 0) is 0 Å². The van der Waals surface area contributed by atoms with E-state index < -0.39 is 19.1 Å². The van der Waals surface area contributed by atoms with Crippen LogP contribution >= 0.6 is 0 Å². The standard InChI is InChI=1S/C6H11NO/c8-7-6-4-2-1-3-5-6/h8H,1-5H2/i1D2,2D2,3D2. The van der Waals surface area contributed by atoms with Crippen LogP contribution in [0.25, 0.3) is 0 Å². The molecule has 1 aliphatic rings. The summed E-state index contributed by atoms with van der Waals surface area (Å²) < 4.78 is 44.3. The maximum atomic E-state index is 8.46. The number of rotatable bonds is 0. The van der Waals surface area contributed by atoms with Gasteiger partial charge >= 0.3 is 0 Å². The first-order valence-corrected chi connectivity index (χ1v) is 2.34. The third-order valence-corrected chi connectivity index (χ3v) is 0.903.